The molecule has 124 valence electrons. The van der Waals surface area contributed by atoms with Crippen molar-refractivity contribution in [1.82, 2.24) is 0 Å². The van der Waals surface area contributed by atoms with E-state index in [2.05, 4.69) is 6.92 Å². The second kappa shape index (κ2) is 12.2. The van der Waals surface area contributed by atoms with E-state index in [1.54, 1.807) is 12.1 Å². The lowest BCUT2D eigenvalue weighted by atomic mass is 10.1. The van der Waals surface area contributed by atoms with Gasteiger partial charge in [0.05, 0.1) is 0 Å². The van der Waals surface area contributed by atoms with Crippen LogP contribution in [-0.4, -0.2) is 5.97 Å². The Balaban J connectivity index is 1.94. The van der Waals surface area contributed by atoms with Crippen LogP contribution >= 0.6 is 0 Å². The van der Waals surface area contributed by atoms with Gasteiger partial charge >= 0.3 is 5.97 Å². The Morgan fingerprint density at radius 1 is 0.909 bits per heavy atom. The van der Waals surface area contributed by atoms with E-state index in [-0.39, 0.29) is 18.4 Å². The number of unbranched alkanes of at least 4 members (excludes halogenated alkanes) is 8. The molecule has 0 spiro atoms. The van der Waals surface area contributed by atoms with Crippen molar-refractivity contribution in [3.05, 3.63) is 35.6 Å². The minimum atomic E-state index is -0.273. The van der Waals surface area contributed by atoms with E-state index >= 15 is 0 Å². The third-order valence-corrected chi connectivity index (χ3v) is 3.80. The fraction of sp³-hybridized carbons (Fsp3) is 0.632. The lowest BCUT2D eigenvalue weighted by Crippen LogP contribution is -2.04. The maximum atomic E-state index is 12.7. The Morgan fingerprint density at radius 2 is 1.45 bits per heavy atom. The summed E-state index contributed by atoms with van der Waals surface area (Å²) in [5.41, 5.74) is 0.821. The van der Waals surface area contributed by atoms with E-state index in [0.29, 0.717) is 6.42 Å². The topological polar surface area (TPSA) is 26.3 Å². The SMILES string of the molecule is CCCCCCCCCCCC(=O)OCc1ccc(F)cc1. The molecule has 1 rings (SSSR count). The first-order valence-electron chi connectivity index (χ1n) is 8.62. The molecule has 0 atom stereocenters. The van der Waals surface area contributed by atoms with Crippen LogP contribution in [0.4, 0.5) is 4.39 Å². The summed E-state index contributed by atoms with van der Waals surface area (Å²) in [5, 5.41) is 0. The van der Waals surface area contributed by atoms with E-state index in [1.807, 2.05) is 0 Å². The molecule has 1 aromatic rings. The predicted octanol–water partition coefficient (Wildman–Crippen LogP) is 5.79. The minimum Gasteiger partial charge on any atom is -0.461 e. The number of hydrogen-bond acceptors (Lipinski definition) is 2. The van der Waals surface area contributed by atoms with Gasteiger partial charge in [0.15, 0.2) is 0 Å². The van der Waals surface area contributed by atoms with Crippen molar-refractivity contribution in [3.63, 3.8) is 0 Å². The monoisotopic (exact) mass is 308 g/mol. The zero-order chi connectivity index (χ0) is 16.0. The van der Waals surface area contributed by atoms with Crippen LogP contribution in [-0.2, 0) is 16.1 Å². The summed E-state index contributed by atoms with van der Waals surface area (Å²) in [6.45, 7) is 2.46. The zero-order valence-electron chi connectivity index (χ0n) is 13.8. The zero-order valence-corrected chi connectivity index (χ0v) is 13.8. The van der Waals surface area contributed by atoms with Crippen LogP contribution in [0.1, 0.15) is 76.7 Å². The maximum Gasteiger partial charge on any atom is 0.306 e. The molecule has 0 amide bonds. The lowest BCUT2D eigenvalue weighted by Gasteiger charge is -2.05. The first kappa shape index (κ1) is 18.7. The molecule has 2 nitrogen and oxygen atoms in total. The van der Waals surface area contributed by atoms with Crippen molar-refractivity contribution >= 4 is 5.97 Å². The van der Waals surface area contributed by atoms with Crippen LogP contribution in [0.3, 0.4) is 0 Å². The summed E-state index contributed by atoms with van der Waals surface area (Å²) in [4.78, 5) is 11.6. The smallest absolute Gasteiger partial charge is 0.306 e. The average Bonchev–Trinajstić information content (AvgIpc) is 2.53. The lowest BCUT2D eigenvalue weighted by molar-refractivity contribution is -0.145. The van der Waals surface area contributed by atoms with Crippen molar-refractivity contribution in [2.45, 2.75) is 77.7 Å². The Kier molecular flexibility index (Phi) is 10.3. The standard InChI is InChI=1S/C19H29FO2/c1-2-3-4-5-6-7-8-9-10-11-19(21)22-16-17-12-14-18(20)15-13-17/h12-15H,2-11,16H2,1H3. The molecule has 0 saturated carbocycles. The number of carbonyl (C=O) groups is 1. The normalized spacial score (nSPS) is 10.6. The van der Waals surface area contributed by atoms with Gasteiger partial charge in [-0.25, -0.2) is 4.39 Å². The molecule has 1 aromatic carbocycles. The average molecular weight is 308 g/mol. The fourth-order valence-corrected chi connectivity index (χ4v) is 2.40. The summed E-state index contributed by atoms with van der Waals surface area (Å²) in [6, 6.07) is 6.04. The predicted molar refractivity (Wildman–Crippen MR) is 88.0 cm³/mol. The molecule has 0 radical (unpaired) electrons. The van der Waals surface area contributed by atoms with Gasteiger partial charge in [-0.3, -0.25) is 4.79 Å². The Hall–Kier alpha value is -1.38. The van der Waals surface area contributed by atoms with Crippen molar-refractivity contribution in [3.8, 4) is 0 Å². The molecule has 0 fully saturated rings. The molecule has 0 aromatic heterocycles. The summed E-state index contributed by atoms with van der Waals surface area (Å²) in [6.07, 6.45) is 11.6. The first-order valence-corrected chi connectivity index (χ1v) is 8.62. The van der Waals surface area contributed by atoms with Gasteiger partial charge in [-0.05, 0) is 24.1 Å². The largest absolute Gasteiger partial charge is 0.461 e. The minimum absolute atomic E-state index is 0.160. The molecule has 0 bridgehead atoms. The molecule has 0 heterocycles. The van der Waals surface area contributed by atoms with Crippen LogP contribution in [0, 0.1) is 5.82 Å². The Morgan fingerprint density at radius 3 is 2.05 bits per heavy atom. The van der Waals surface area contributed by atoms with Gasteiger partial charge in [0.25, 0.3) is 0 Å². The molecule has 3 heteroatoms. The van der Waals surface area contributed by atoms with Crippen LogP contribution < -0.4 is 0 Å². The highest BCUT2D eigenvalue weighted by molar-refractivity contribution is 5.69. The number of carbonyl (C=O) groups excluding carboxylic acids is 1. The number of hydrogen-bond donors (Lipinski definition) is 0. The quantitative estimate of drug-likeness (QED) is 0.361. The molecule has 0 aliphatic rings. The van der Waals surface area contributed by atoms with Gasteiger partial charge < -0.3 is 4.74 Å². The summed E-state index contributed by atoms with van der Waals surface area (Å²) < 4.78 is 17.9. The number of ether oxygens (including phenoxy) is 1. The van der Waals surface area contributed by atoms with Gasteiger partial charge in [-0.2, -0.15) is 0 Å². The highest BCUT2D eigenvalue weighted by atomic mass is 19.1. The Bertz CT molecular complexity index is 400. The number of rotatable bonds is 12. The molecular weight excluding hydrogens is 279 g/mol. The first-order chi connectivity index (χ1) is 10.7. The fourth-order valence-electron chi connectivity index (χ4n) is 2.40. The van der Waals surface area contributed by atoms with Crippen LogP contribution in [0.2, 0.25) is 0 Å². The van der Waals surface area contributed by atoms with E-state index in [9.17, 15) is 9.18 Å². The molecule has 0 aliphatic carbocycles. The van der Waals surface area contributed by atoms with Gasteiger partial charge in [0, 0.05) is 6.42 Å². The third kappa shape index (κ3) is 9.54. The highest BCUT2D eigenvalue weighted by Crippen LogP contribution is 2.11. The van der Waals surface area contributed by atoms with Gasteiger partial charge in [-0.1, -0.05) is 70.4 Å². The molecule has 0 aliphatic heterocycles. The van der Waals surface area contributed by atoms with Crippen molar-refractivity contribution in [2.75, 3.05) is 0 Å². The van der Waals surface area contributed by atoms with Crippen molar-refractivity contribution in [1.29, 1.82) is 0 Å². The summed E-state index contributed by atoms with van der Waals surface area (Å²) in [7, 11) is 0. The molecular formula is C19H29FO2. The van der Waals surface area contributed by atoms with Gasteiger partial charge in [-0.15, -0.1) is 0 Å². The van der Waals surface area contributed by atoms with E-state index < -0.39 is 0 Å². The highest BCUT2D eigenvalue weighted by Gasteiger charge is 2.03. The second-order valence-electron chi connectivity index (χ2n) is 5.87. The van der Waals surface area contributed by atoms with E-state index in [0.717, 1.165) is 18.4 Å². The van der Waals surface area contributed by atoms with Gasteiger partial charge in [0.1, 0.15) is 12.4 Å². The number of esters is 1. The summed E-state index contributed by atoms with van der Waals surface area (Å²) >= 11 is 0. The molecule has 0 saturated heterocycles. The third-order valence-electron chi connectivity index (χ3n) is 3.80. The van der Waals surface area contributed by atoms with Crippen LogP contribution in [0.5, 0.6) is 0 Å². The molecule has 0 unspecified atom stereocenters. The van der Waals surface area contributed by atoms with Crippen molar-refractivity contribution < 1.29 is 13.9 Å². The second-order valence-corrected chi connectivity index (χ2v) is 5.87. The summed E-state index contributed by atoms with van der Waals surface area (Å²) in [5.74, 6) is -0.433. The van der Waals surface area contributed by atoms with Gasteiger partial charge in [0.2, 0.25) is 0 Å². The number of halogens is 1. The van der Waals surface area contributed by atoms with Crippen LogP contribution in [0.15, 0.2) is 24.3 Å². The van der Waals surface area contributed by atoms with E-state index in [4.69, 9.17) is 4.74 Å². The molecule has 0 N–H and O–H groups in total. The number of benzene rings is 1. The van der Waals surface area contributed by atoms with E-state index in [1.165, 1.54) is 57.1 Å². The van der Waals surface area contributed by atoms with Crippen LogP contribution in [0.25, 0.3) is 0 Å². The Labute approximate surface area is 134 Å². The molecule has 22 heavy (non-hydrogen) atoms. The maximum absolute atomic E-state index is 12.7. The van der Waals surface area contributed by atoms with Crippen molar-refractivity contribution in [2.24, 2.45) is 0 Å².